The van der Waals surface area contributed by atoms with Crippen molar-refractivity contribution in [2.24, 2.45) is 0 Å². The summed E-state index contributed by atoms with van der Waals surface area (Å²) < 4.78 is 25.4. The molecule has 0 radical (unpaired) electrons. The zero-order valence-electron chi connectivity index (χ0n) is 18.0. The highest BCUT2D eigenvalue weighted by molar-refractivity contribution is 7.88. The summed E-state index contributed by atoms with van der Waals surface area (Å²) in [7, 11) is -3.61. The van der Waals surface area contributed by atoms with Crippen LogP contribution in [0.4, 0.5) is 0 Å². The summed E-state index contributed by atoms with van der Waals surface area (Å²) in [5.74, 6) is -0.722. The summed E-state index contributed by atoms with van der Waals surface area (Å²) >= 11 is 0. The lowest BCUT2D eigenvalue weighted by Crippen LogP contribution is -2.69. The van der Waals surface area contributed by atoms with E-state index in [0.29, 0.717) is 19.5 Å². The Hall–Kier alpha value is -2.71. The Kier molecular flexibility index (Phi) is 7.12. The molecule has 0 aliphatic carbocycles. The van der Waals surface area contributed by atoms with Gasteiger partial charge in [0.2, 0.25) is 21.8 Å². The Labute approximate surface area is 184 Å². The van der Waals surface area contributed by atoms with Crippen LogP contribution in [0, 0.1) is 0 Å². The summed E-state index contributed by atoms with van der Waals surface area (Å²) in [4.78, 5) is 27.7. The number of sulfonamides is 1. The molecule has 3 rings (SSSR count). The maximum absolute atomic E-state index is 13.2. The summed E-state index contributed by atoms with van der Waals surface area (Å²) in [5, 5.41) is 2.89. The molecule has 0 aromatic heterocycles. The molecule has 0 bridgehead atoms. The predicted octanol–water partition coefficient (Wildman–Crippen LogP) is 1.80. The summed E-state index contributed by atoms with van der Waals surface area (Å²) in [5.41, 5.74) is 0.793. The van der Waals surface area contributed by atoms with Crippen molar-refractivity contribution in [1.29, 1.82) is 0 Å². The molecule has 2 aromatic rings. The molecule has 166 valence electrons. The topological polar surface area (TPSA) is 86.8 Å². The van der Waals surface area contributed by atoms with Crippen molar-refractivity contribution in [3.63, 3.8) is 0 Å². The van der Waals surface area contributed by atoms with E-state index < -0.39 is 15.6 Å². The van der Waals surface area contributed by atoms with E-state index in [9.17, 15) is 18.0 Å². The summed E-state index contributed by atoms with van der Waals surface area (Å²) in [6, 6.07) is 19.4. The monoisotopic (exact) mass is 443 g/mol. The van der Waals surface area contributed by atoms with E-state index in [1.54, 1.807) is 6.92 Å². The van der Waals surface area contributed by atoms with Gasteiger partial charge in [0.05, 0.1) is 12.8 Å². The Morgan fingerprint density at radius 2 is 1.61 bits per heavy atom. The second-order valence-electron chi connectivity index (χ2n) is 8.11. The van der Waals surface area contributed by atoms with Crippen LogP contribution >= 0.6 is 0 Å². The van der Waals surface area contributed by atoms with Crippen molar-refractivity contribution in [2.45, 2.75) is 31.8 Å². The number of nitrogens with one attached hydrogen (secondary N) is 1. The smallest absolute Gasteiger partial charge is 0.247 e. The molecular formula is C23H29N3O4S. The molecule has 1 aliphatic heterocycles. The molecule has 1 N–H and O–H groups in total. The van der Waals surface area contributed by atoms with Gasteiger partial charge in [0, 0.05) is 19.6 Å². The molecule has 0 saturated carbocycles. The number of carbonyl (C=O) groups excluding carboxylic acids is 2. The Balaban J connectivity index is 1.76. The van der Waals surface area contributed by atoms with Crippen molar-refractivity contribution in [1.82, 2.24) is 14.5 Å². The number of rotatable bonds is 8. The van der Waals surface area contributed by atoms with Crippen molar-refractivity contribution in [3.05, 3.63) is 71.8 Å². The van der Waals surface area contributed by atoms with E-state index in [0.717, 1.165) is 28.1 Å². The van der Waals surface area contributed by atoms with E-state index in [4.69, 9.17) is 0 Å². The lowest BCUT2D eigenvalue weighted by atomic mass is 9.94. The third-order valence-corrected chi connectivity index (χ3v) is 6.83. The fraction of sp³-hybridized carbons (Fsp3) is 0.391. The van der Waals surface area contributed by atoms with E-state index >= 15 is 0 Å². The van der Waals surface area contributed by atoms with E-state index in [1.165, 1.54) is 4.90 Å². The Bertz CT molecular complexity index is 1010. The van der Waals surface area contributed by atoms with E-state index in [2.05, 4.69) is 5.32 Å². The molecule has 2 amide bonds. The predicted molar refractivity (Wildman–Crippen MR) is 120 cm³/mol. The molecule has 1 heterocycles. The number of aryl methyl sites for hydroxylation is 1. The highest BCUT2D eigenvalue weighted by Gasteiger charge is 2.49. The fourth-order valence-corrected chi connectivity index (χ4v) is 4.68. The molecule has 1 fully saturated rings. The van der Waals surface area contributed by atoms with Crippen LogP contribution in [0.25, 0.3) is 0 Å². The SMILES string of the molecule is C[C@]1(C(=O)NCc2ccccc2)CN(S(C)(=O)=O)CC(=O)N1CCCc1ccccc1. The van der Waals surface area contributed by atoms with Gasteiger partial charge < -0.3 is 10.2 Å². The number of hydrogen-bond donors (Lipinski definition) is 1. The van der Waals surface area contributed by atoms with Crippen molar-refractivity contribution in [2.75, 3.05) is 25.9 Å². The molecule has 8 heteroatoms. The van der Waals surface area contributed by atoms with E-state index in [1.807, 2.05) is 60.7 Å². The number of hydrogen-bond acceptors (Lipinski definition) is 4. The molecule has 0 unspecified atom stereocenters. The van der Waals surface area contributed by atoms with Gasteiger partial charge in [0.25, 0.3) is 0 Å². The zero-order chi connectivity index (χ0) is 22.5. The minimum absolute atomic E-state index is 0.0659. The number of carbonyl (C=O) groups is 2. The number of amides is 2. The number of nitrogens with zero attached hydrogens (tertiary/aromatic N) is 2. The fourth-order valence-electron chi connectivity index (χ4n) is 3.85. The molecular weight excluding hydrogens is 414 g/mol. The van der Waals surface area contributed by atoms with Crippen molar-refractivity contribution >= 4 is 21.8 Å². The van der Waals surface area contributed by atoms with Crippen LogP contribution in [0.2, 0.25) is 0 Å². The molecule has 7 nitrogen and oxygen atoms in total. The second-order valence-corrected chi connectivity index (χ2v) is 10.1. The standard InChI is InChI=1S/C23H29N3O4S/c1-23(22(28)24-16-20-12-7-4-8-13-20)18-25(31(2,29)30)17-21(27)26(23)15-9-14-19-10-5-3-6-11-19/h3-8,10-13H,9,14-18H2,1-2H3,(H,24,28)/t23-/m1/s1. The maximum atomic E-state index is 13.2. The maximum Gasteiger partial charge on any atom is 0.247 e. The lowest BCUT2D eigenvalue weighted by molar-refractivity contribution is -0.152. The van der Waals surface area contributed by atoms with Gasteiger partial charge in [-0.1, -0.05) is 60.7 Å². The normalized spacial score (nSPS) is 19.9. The number of benzene rings is 2. The number of piperazine rings is 1. The second kappa shape index (κ2) is 9.62. The first-order chi connectivity index (χ1) is 14.7. The average Bonchev–Trinajstić information content (AvgIpc) is 2.74. The van der Waals surface area contributed by atoms with Gasteiger partial charge in [-0.2, -0.15) is 4.31 Å². The molecule has 0 spiro atoms. The summed E-state index contributed by atoms with van der Waals surface area (Å²) in [6.45, 7) is 2.01. The molecule has 1 saturated heterocycles. The van der Waals surface area contributed by atoms with Crippen LogP contribution < -0.4 is 5.32 Å². The van der Waals surface area contributed by atoms with Gasteiger partial charge in [0.1, 0.15) is 5.54 Å². The molecule has 31 heavy (non-hydrogen) atoms. The van der Waals surface area contributed by atoms with Crippen LogP contribution in [0.15, 0.2) is 60.7 Å². The van der Waals surface area contributed by atoms with Crippen molar-refractivity contribution in [3.8, 4) is 0 Å². The van der Waals surface area contributed by atoms with Gasteiger partial charge in [-0.15, -0.1) is 0 Å². The summed E-state index contributed by atoms with van der Waals surface area (Å²) in [6.07, 6.45) is 2.51. The highest BCUT2D eigenvalue weighted by Crippen LogP contribution is 2.25. The van der Waals surface area contributed by atoms with Crippen LogP contribution in [0.3, 0.4) is 0 Å². The Morgan fingerprint density at radius 1 is 1.03 bits per heavy atom. The minimum atomic E-state index is -3.61. The van der Waals surface area contributed by atoms with Crippen molar-refractivity contribution < 1.29 is 18.0 Å². The molecule has 1 atom stereocenters. The Morgan fingerprint density at radius 3 is 2.19 bits per heavy atom. The zero-order valence-corrected chi connectivity index (χ0v) is 18.8. The third kappa shape index (κ3) is 5.71. The average molecular weight is 444 g/mol. The van der Waals surface area contributed by atoms with Gasteiger partial charge >= 0.3 is 0 Å². The molecule has 2 aromatic carbocycles. The third-order valence-electron chi connectivity index (χ3n) is 5.64. The lowest BCUT2D eigenvalue weighted by Gasteiger charge is -2.46. The van der Waals surface area contributed by atoms with Crippen LogP contribution in [-0.2, 0) is 32.6 Å². The van der Waals surface area contributed by atoms with Gasteiger partial charge in [-0.05, 0) is 30.9 Å². The highest BCUT2D eigenvalue weighted by atomic mass is 32.2. The first-order valence-electron chi connectivity index (χ1n) is 10.3. The minimum Gasteiger partial charge on any atom is -0.350 e. The van der Waals surface area contributed by atoms with Crippen LogP contribution in [0.1, 0.15) is 24.5 Å². The van der Waals surface area contributed by atoms with Crippen LogP contribution in [0.5, 0.6) is 0 Å². The largest absolute Gasteiger partial charge is 0.350 e. The quantitative estimate of drug-likeness (QED) is 0.674. The molecule has 1 aliphatic rings. The first-order valence-corrected chi connectivity index (χ1v) is 12.2. The van der Waals surface area contributed by atoms with E-state index in [-0.39, 0.29) is 24.9 Å². The van der Waals surface area contributed by atoms with Crippen LogP contribution in [-0.4, -0.2) is 60.9 Å². The van der Waals surface area contributed by atoms with Gasteiger partial charge in [0.15, 0.2) is 0 Å². The van der Waals surface area contributed by atoms with Gasteiger partial charge in [-0.3, -0.25) is 9.59 Å². The van der Waals surface area contributed by atoms with Gasteiger partial charge in [-0.25, -0.2) is 8.42 Å². The first kappa shape index (κ1) is 23.0.